The first kappa shape index (κ1) is 19.6. The van der Waals surface area contributed by atoms with E-state index < -0.39 is 6.67 Å². The van der Waals surface area contributed by atoms with Gasteiger partial charge in [-0.25, -0.2) is 0 Å². The Balaban J connectivity index is 1.80. The fraction of sp³-hybridized carbons (Fsp3) is 0.714. The van der Waals surface area contributed by atoms with Crippen molar-refractivity contribution < 1.29 is 19.3 Å². The number of halogens is 1. The Hall–Kier alpha value is -1.17. The first-order chi connectivity index (χ1) is 12.5. The summed E-state index contributed by atoms with van der Waals surface area (Å²) in [6.45, 7) is 6.18. The second-order valence-electron chi connectivity index (χ2n) is 8.16. The molecule has 0 unspecified atom stereocenters. The van der Waals surface area contributed by atoms with Gasteiger partial charge in [0.2, 0.25) is 0 Å². The van der Waals surface area contributed by atoms with E-state index in [1.807, 2.05) is 12.1 Å². The van der Waals surface area contributed by atoms with Crippen molar-refractivity contribution in [2.75, 3.05) is 26.4 Å². The molecule has 1 aromatic rings. The van der Waals surface area contributed by atoms with Gasteiger partial charge in [-0.1, -0.05) is 13.8 Å². The molecule has 3 atom stereocenters. The maximum Gasteiger partial charge on any atom is 0.125 e. The van der Waals surface area contributed by atoms with E-state index in [0.717, 1.165) is 37.9 Å². The number of ether oxygens (including phenoxy) is 1. The second kappa shape index (κ2) is 8.68. The Labute approximate surface area is 156 Å². The smallest absolute Gasteiger partial charge is 0.125 e. The number of fused-ring (bicyclic) bond motifs is 3. The van der Waals surface area contributed by atoms with Crippen molar-refractivity contribution in [2.45, 2.75) is 58.3 Å². The van der Waals surface area contributed by atoms with Crippen LogP contribution in [0.5, 0.6) is 5.75 Å². The molecule has 0 spiro atoms. The summed E-state index contributed by atoms with van der Waals surface area (Å²) >= 11 is 0. The zero-order chi connectivity index (χ0) is 18.7. The lowest BCUT2D eigenvalue weighted by Crippen LogP contribution is -2.48. The van der Waals surface area contributed by atoms with Crippen molar-refractivity contribution >= 4 is 0 Å². The van der Waals surface area contributed by atoms with E-state index in [0.29, 0.717) is 30.6 Å². The van der Waals surface area contributed by atoms with E-state index in [2.05, 4.69) is 18.7 Å². The summed E-state index contributed by atoms with van der Waals surface area (Å²) in [6, 6.07) is 4.26. The third-order valence-electron chi connectivity index (χ3n) is 5.75. The molecule has 0 amide bonds. The second-order valence-corrected chi connectivity index (χ2v) is 8.16. The summed E-state index contributed by atoms with van der Waals surface area (Å²) < 4.78 is 18.0. The minimum atomic E-state index is -0.397. The number of hydrogen-bond donors (Lipinski definition) is 2. The molecule has 5 heteroatoms. The molecule has 0 radical (unpaired) electrons. The predicted octanol–water partition coefficient (Wildman–Crippen LogP) is 3.24. The van der Waals surface area contributed by atoms with Gasteiger partial charge in [0.15, 0.2) is 0 Å². The molecule has 2 heterocycles. The fourth-order valence-electron chi connectivity index (χ4n) is 4.50. The van der Waals surface area contributed by atoms with Gasteiger partial charge in [-0.05, 0) is 54.4 Å². The highest BCUT2D eigenvalue weighted by molar-refractivity contribution is 5.45. The summed E-state index contributed by atoms with van der Waals surface area (Å²) in [5.74, 6) is 1.60. The van der Waals surface area contributed by atoms with Crippen LogP contribution in [0.1, 0.15) is 55.8 Å². The van der Waals surface area contributed by atoms with E-state index in [9.17, 15) is 14.6 Å². The van der Waals surface area contributed by atoms with Crippen LogP contribution in [-0.4, -0.2) is 47.6 Å². The lowest BCUT2D eigenvalue weighted by molar-refractivity contribution is -0.0191. The topological polar surface area (TPSA) is 52.9 Å². The Kier molecular flexibility index (Phi) is 6.54. The van der Waals surface area contributed by atoms with Crippen LogP contribution >= 0.6 is 0 Å². The first-order valence-electron chi connectivity index (χ1n) is 9.90. The van der Waals surface area contributed by atoms with Crippen molar-refractivity contribution in [3.8, 4) is 5.75 Å². The van der Waals surface area contributed by atoms with Crippen LogP contribution < -0.4 is 4.74 Å². The molecule has 0 aliphatic carbocycles. The van der Waals surface area contributed by atoms with Gasteiger partial charge in [0.1, 0.15) is 5.75 Å². The average Bonchev–Trinajstić information content (AvgIpc) is 2.61. The highest BCUT2D eigenvalue weighted by Gasteiger charge is 2.38. The number of alkyl halides is 1. The first-order valence-corrected chi connectivity index (χ1v) is 9.90. The molecule has 1 fully saturated rings. The maximum atomic E-state index is 12.3. The van der Waals surface area contributed by atoms with Crippen molar-refractivity contribution in [1.82, 2.24) is 4.90 Å². The number of rotatable bonds is 7. The average molecular weight is 365 g/mol. The van der Waals surface area contributed by atoms with Gasteiger partial charge in [0, 0.05) is 31.1 Å². The largest absolute Gasteiger partial charge is 0.493 e. The molecule has 0 aromatic heterocycles. The van der Waals surface area contributed by atoms with E-state index in [1.165, 1.54) is 11.1 Å². The monoisotopic (exact) mass is 365 g/mol. The fourth-order valence-corrected chi connectivity index (χ4v) is 4.50. The number of benzene rings is 1. The lowest BCUT2D eigenvalue weighted by atomic mass is 9.79. The number of piperidine rings is 1. The van der Waals surface area contributed by atoms with Crippen LogP contribution in [0.15, 0.2) is 12.1 Å². The third kappa shape index (κ3) is 4.21. The maximum absolute atomic E-state index is 12.3. The molecule has 3 rings (SSSR count). The summed E-state index contributed by atoms with van der Waals surface area (Å²) in [5.41, 5.74) is 3.19. The zero-order valence-corrected chi connectivity index (χ0v) is 16.0. The summed E-state index contributed by atoms with van der Waals surface area (Å²) in [4.78, 5) is 2.49. The third-order valence-corrected chi connectivity index (χ3v) is 5.75. The Morgan fingerprint density at radius 2 is 2.15 bits per heavy atom. The SMILES string of the molecule is CC(C)C[C@@H]1CN2CCc3cc(OCCCF)c(CO)cc3[C@H]2C[C@H]1O. The van der Waals surface area contributed by atoms with E-state index in [1.54, 1.807) is 0 Å². The van der Waals surface area contributed by atoms with Crippen LogP contribution in [0.3, 0.4) is 0 Å². The minimum Gasteiger partial charge on any atom is -0.493 e. The van der Waals surface area contributed by atoms with Crippen LogP contribution in [0.2, 0.25) is 0 Å². The van der Waals surface area contributed by atoms with E-state index >= 15 is 0 Å². The van der Waals surface area contributed by atoms with E-state index in [-0.39, 0.29) is 18.8 Å². The molecule has 0 bridgehead atoms. The molecule has 0 saturated carbocycles. The molecular weight excluding hydrogens is 333 g/mol. The van der Waals surface area contributed by atoms with Gasteiger partial charge in [0.25, 0.3) is 0 Å². The number of nitrogens with zero attached hydrogens (tertiary/aromatic N) is 1. The molecule has 2 N–H and O–H groups in total. The van der Waals surface area contributed by atoms with Gasteiger partial charge in [0.05, 0.1) is 26.0 Å². The Morgan fingerprint density at radius 3 is 2.85 bits per heavy atom. The lowest BCUT2D eigenvalue weighted by Gasteiger charge is -2.46. The van der Waals surface area contributed by atoms with Crippen LogP contribution in [-0.2, 0) is 13.0 Å². The number of aliphatic hydroxyl groups excluding tert-OH is 2. The molecule has 1 saturated heterocycles. The highest BCUT2D eigenvalue weighted by Crippen LogP contribution is 2.42. The molecule has 4 nitrogen and oxygen atoms in total. The van der Waals surface area contributed by atoms with Crippen LogP contribution in [0.25, 0.3) is 0 Å². The van der Waals surface area contributed by atoms with Crippen molar-refractivity contribution in [1.29, 1.82) is 0 Å². The Morgan fingerprint density at radius 1 is 1.35 bits per heavy atom. The number of hydrogen-bond acceptors (Lipinski definition) is 4. The van der Waals surface area contributed by atoms with Crippen molar-refractivity contribution in [2.24, 2.45) is 11.8 Å². The quantitative estimate of drug-likeness (QED) is 0.729. The predicted molar refractivity (Wildman–Crippen MR) is 100 cm³/mol. The minimum absolute atomic E-state index is 0.0938. The van der Waals surface area contributed by atoms with Gasteiger partial charge < -0.3 is 14.9 Å². The molecule has 26 heavy (non-hydrogen) atoms. The summed E-state index contributed by atoms with van der Waals surface area (Å²) in [7, 11) is 0. The summed E-state index contributed by atoms with van der Waals surface area (Å²) in [6.07, 6.45) is 2.84. The van der Waals surface area contributed by atoms with Gasteiger partial charge in [-0.2, -0.15) is 0 Å². The zero-order valence-electron chi connectivity index (χ0n) is 16.0. The molecule has 146 valence electrons. The van der Waals surface area contributed by atoms with Gasteiger partial charge in [-0.15, -0.1) is 0 Å². The number of aliphatic hydroxyl groups is 2. The normalized spacial score (nSPS) is 25.8. The van der Waals surface area contributed by atoms with Gasteiger partial charge in [-0.3, -0.25) is 9.29 Å². The molecule has 1 aromatic carbocycles. The Bertz CT molecular complexity index is 607. The van der Waals surface area contributed by atoms with Crippen molar-refractivity contribution in [3.05, 3.63) is 28.8 Å². The highest BCUT2D eigenvalue weighted by atomic mass is 19.1. The van der Waals surface area contributed by atoms with E-state index in [4.69, 9.17) is 4.74 Å². The molecule has 2 aliphatic rings. The van der Waals surface area contributed by atoms with Crippen LogP contribution in [0, 0.1) is 11.8 Å². The van der Waals surface area contributed by atoms with Gasteiger partial charge >= 0.3 is 0 Å². The standard InChI is InChI=1S/C21H32FNO3/c1-14(2)8-16-12-23-6-4-15-10-21(26-7-3-5-22)17(13-24)9-18(15)19(23)11-20(16)25/h9-10,14,16,19-20,24-25H,3-8,11-13H2,1-2H3/t16-,19-,20-/m1/s1. The molecule has 2 aliphatic heterocycles. The van der Waals surface area contributed by atoms with Crippen LogP contribution in [0.4, 0.5) is 4.39 Å². The summed E-state index contributed by atoms with van der Waals surface area (Å²) in [5, 5.41) is 20.4. The molecular formula is C21H32FNO3. The van der Waals surface area contributed by atoms with Crippen molar-refractivity contribution in [3.63, 3.8) is 0 Å².